The highest BCUT2D eigenvalue weighted by atomic mass is 16.5. The molecule has 1 saturated heterocycles. The summed E-state index contributed by atoms with van der Waals surface area (Å²) in [6, 6.07) is 14.0. The van der Waals surface area contributed by atoms with Crippen LogP contribution in [0.4, 0.5) is 5.69 Å². The van der Waals surface area contributed by atoms with Crippen molar-refractivity contribution in [3.63, 3.8) is 0 Å². The van der Waals surface area contributed by atoms with Gasteiger partial charge < -0.3 is 19.9 Å². The van der Waals surface area contributed by atoms with E-state index in [1.807, 2.05) is 12.1 Å². The average molecular weight is 369 g/mol. The highest BCUT2D eigenvalue weighted by Gasteiger charge is 2.16. The minimum Gasteiger partial charge on any atom is -0.491 e. The molecular formula is C21H23NO5. The fourth-order valence-electron chi connectivity index (χ4n) is 3.05. The van der Waals surface area contributed by atoms with Crippen molar-refractivity contribution in [2.45, 2.75) is 31.8 Å². The lowest BCUT2D eigenvalue weighted by Gasteiger charge is -2.12. The molecule has 1 heterocycles. The van der Waals surface area contributed by atoms with Gasteiger partial charge in [-0.25, -0.2) is 4.79 Å². The van der Waals surface area contributed by atoms with E-state index in [0.29, 0.717) is 30.0 Å². The van der Waals surface area contributed by atoms with Gasteiger partial charge in [0.05, 0.1) is 11.7 Å². The van der Waals surface area contributed by atoms with Gasteiger partial charge in [0, 0.05) is 24.8 Å². The summed E-state index contributed by atoms with van der Waals surface area (Å²) in [5.74, 6) is -0.479. The summed E-state index contributed by atoms with van der Waals surface area (Å²) in [7, 11) is 0. The van der Waals surface area contributed by atoms with E-state index in [0.717, 1.165) is 19.4 Å². The number of aryl methyl sites for hydroxylation is 1. The van der Waals surface area contributed by atoms with Crippen molar-refractivity contribution in [1.82, 2.24) is 0 Å². The summed E-state index contributed by atoms with van der Waals surface area (Å²) in [6.45, 7) is 1.29. The first-order chi connectivity index (χ1) is 13.1. The predicted octanol–water partition coefficient (Wildman–Crippen LogP) is 3.51. The first-order valence-corrected chi connectivity index (χ1v) is 9.07. The molecule has 2 aromatic rings. The molecule has 0 radical (unpaired) electrons. The molecule has 2 aromatic carbocycles. The van der Waals surface area contributed by atoms with Crippen molar-refractivity contribution < 1.29 is 24.2 Å². The van der Waals surface area contributed by atoms with Crippen LogP contribution in [-0.2, 0) is 16.0 Å². The molecular weight excluding hydrogens is 346 g/mol. The smallest absolute Gasteiger partial charge is 0.335 e. The van der Waals surface area contributed by atoms with Gasteiger partial charge in [0.15, 0.2) is 0 Å². The zero-order valence-electron chi connectivity index (χ0n) is 15.0. The Bertz CT molecular complexity index is 799. The van der Waals surface area contributed by atoms with Crippen molar-refractivity contribution in [3.8, 4) is 5.75 Å². The molecule has 0 spiro atoms. The van der Waals surface area contributed by atoms with Crippen LogP contribution in [0.3, 0.4) is 0 Å². The molecule has 1 amide bonds. The first kappa shape index (κ1) is 18.9. The number of hydrogen-bond acceptors (Lipinski definition) is 4. The summed E-state index contributed by atoms with van der Waals surface area (Å²) in [6.07, 6.45) is 2.77. The van der Waals surface area contributed by atoms with Gasteiger partial charge in [0.25, 0.3) is 0 Å². The molecule has 1 atom stereocenters. The predicted molar refractivity (Wildman–Crippen MR) is 101 cm³/mol. The summed E-state index contributed by atoms with van der Waals surface area (Å²) >= 11 is 0. The maximum Gasteiger partial charge on any atom is 0.335 e. The van der Waals surface area contributed by atoms with Crippen LogP contribution >= 0.6 is 0 Å². The minimum atomic E-state index is -0.984. The molecule has 6 nitrogen and oxygen atoms in total. The molecule has 0 aromatic heterocycles. The number of amides is 1. The van der Waals surface area contributed by atoms with E-state index in [2.05, 4.69) is 5.32 Å². The van der Waals surface area contributed by atoms with Crippen LogP contribution in [0.1, 0.15) is 35.2 Å². The fraction of sp³-hybridized carbons (Fsp3) is 0.333. The maximum atomic E-state index is 12.2. The Morgan fingerprint density at radius 2 is 2.04 bits per heavy atom. The summed E-state index contributed by atoms with van der Waals surface area (Å²) in [5.41, 5.74) is 1.53. The third-order valence-electron chi connectivity index (χ3n) is 4.45. The lowest BCUT2D eigenvalue weighted by atomic mass is 10.0. The van der Waals surface area contributed by atoms with Crippen molar-refractivity contribution >= 4 is 17.6 Å². The van der Waals surface area contributed by atoms with Crippen LogP contribution in [0.2, 0.25) is 0 Å². The molecule has 3 rings (SSSR count). The number of rotatable bonds is 8. The highest BCUT2D eigenvalue weighted by Crippen LogP contribution is 2.20. The standard InChI is InChI=1S/C21H23NO5/c23-20(11-10-15-5-1-2-9-19(15)21(24)25)22-16-6-3-7-17(13-16)27-14-18-8-4-12-26-18/h1-3,5-7,9,13,18H,4,8,10-12,14H2,(H,22,23)(H,24,25). The van der Waals surface area contributed by atoms with E-state index >= 15 is 0 Å². The number of benzene rings is 2. The number of nitrogens with one attached hydrogen (secondary N) is 1. The van der Waals surface area contributed by atoms with Gasteiger partial charge in [0.2, 0.25) is 5.91 Å². The van der Waals surface area contributed by atoms with E-state index in [9.17, 15) is 14.7 Å². The monoisotopic (exact) mass is 369 g/mol. The zero-order valence-corrected chi connectivity index (χ0v) is 15.0. The zero-order chi connectivity index (χ0) is 19.1. The van der Waals surface area contributed by atoms with Crippen LogP contribution in [0.25, 0.3) is 0 Å². The van der Waals surface area contributed by atoms with Crippen molar-refractivity contribution in [1.29, 1.82) is 0 Å². The van der Waals surface area contributed by atoms with Gasteiger partial charge in [-0.2, -0.15) is 0 Å². The molecule has 1 aliphatic heterocycles. The average Bonchev–Trinajstić information content (AvgIpc) is 3.19. The lowest BCUT2D eigenvalue weighted by molar-refractivity contribution is -0.116. The lowest BCUT2D eigenvalue weighted by Crippen LogP contribution is -2.16. The van der Waals surface area contributed by atoms with E-state index in [4.69, 9.17) is 9.47 Å². The Labute approximate surface area is 158 Å². The molecule has 1 unspecified atom stereocenters. The van der Waals surface area contributed by atoms with Crippen LogP contribution in [0.15, 0.2) is 48.5 Å². The third kappa shape index (κ3) is 5.56. The molecule has 1 aliphatic rings. The Kier molecular flexibility index (Phi) is 6.44. The number of carbonyl (C=O) groups is 2. The van der Waals surface area contributed by atoms with Crippen LogP contribution in [-0.4, -0.2) is 36.3 Å². The molecule has 2 N–H and O–H groups in total. The summed E-state index contributed by atoms with van der Waals surface area (Å²) < 4.78 is 11.3. The van der Waals surface area contributed by atoms with E-state index in [1.165, 1.54) is 0 Å². The number of anilines is 1. The second-order valence-electron chi connectivity index (χ2n) is 6.48. The van der Waals surface area contributed by atoms with Crippen molar-refractivity contribution in [2.75, 3.05) is 18.5 Å². The molecule has 27 heavy (non-hydrogen) atoms. The second kappa shape index (κ2) is 9.19. The highest BCUT2D eigenvalue weighted by molar-refractivity contribution is 5.92. The van der Waals surface area contributed by atoms with Gasteiger partial charge in [-0.3, -0.25) is 4.79 Å². The maximum absolute atomic E-state index is 12.2. The number of aromatic carboxylic acids is 1. The van der Waals surface area contributed by atoms with E-state index < -0.39 is 5.97 Å². The first-order valence-electron chi connectivity index (χ1n) is 9.07. The third-order valence-corrected chi connectivity index (χ3v) is 4.45. The molecule has 0 saturated carbocycles. The number of hydrogen-bond donors (Lipinski definition) is 2. The van der Waals surface area contributed by atoms with Crippen LogP contribution in [0.5, 0.6) is 5.75 Å². The molecule has 0 bridgehead atoms. The van der Waals surface area contributed by atoms with Crippen molar-refractivity contribution in [2.24, 2.45) is 0 Å². The number of carboxylic acids is 1. The van der Waals surface area contributed by atoms with Crippen LogP contribution in [0, 0.1) is 0 Å². The van der Waals surface area contributed by atoms with Gasteiger partial charge >= 0.3 is 5.97 Å². The molecule has 0 aliphatic carbocycles. The number of ether oxygens (including phenoxy) is 2. The van der Waals surface area contributed by atoms with Gasteiger partial charge in [-0.05, 0) is 43.0 Å². The van der Waals surface area contributed by atoms with Crippen LogP contribution < -0.4 is 10.1 Å². The summed E-state index contributed by atoms with van der Waals surface area (Å²) in [4.78, 5) is 23.5. The Morgan fingerprint density at radius 3 is 2.81 bits per heavy atom. The minimum absolute atomic E-state index is 0.137. The Balaban J connectivity index is 1.52. The van der Waals surface area contributed by atoms with Crippen molar-refractivity contribution in [3.05, 3.63) is 59.7 Å². The number of carbonyl (C=O) groups excluding carboxylic acids is 1. The SMILES string of the molecule is O=C(CCc1ccccc1C(=O)O)Nc1cccc(OCC2CCCO2)c1. The van der Waals surface area contributed by atoms with Gasteiger partial charge in [-0.15, -0.1) is 0 Å². The van der Waals surface area contributed by atoms with Gasteiger partial charge in [0.1, 0.15) is 12.4 Å². The normalized spacial score (nSPS) is 16.1. The second-order valence-corrected chi connectivity index (χ2v) is 6.48. The molecule has 1 fully saturated rings. The number of carboxylic acid groups (broad SMARTS) is 1. The largest absolute Gasteiger partial charge is 0.491 e. The van der Waals surface area contributed by atoms with Gasteiger partial charge in [-0.1, -0.05) is 24.3 Å². The Morgan fingerprint density at radius 1 is 1.19 bits per heavy atom. The quantitative estimate of drug-likeness (QED) is 0.744. The molecule has 142 valence electrons. The van der Waals surface area contributed by atoms with E-state index in [1.54, 1.807) is 36.4 Å². The Hall–Kier alpha value is -2.86. The molecule has 6 heteroatoms. The summed E-state index contributed by atoms with van der Waals surface area (Å²) in [5, 5.41) is 12.0. The van der Waals surface area contributed by atoms with E-state index in [-0.39, 0.29) is 24.0 Å². The topological polar surface area (TPSA) is 84.9 Å². The fourth-order valence-corrected chi connectivity index (χ4v) is 3.05.